The van der Waals surface area contributed by atoms with E-state index in [2.05, 4.69) is 32.3 Å². The highest BCUT2D eigenvalue weighted by molar-refractivity contribution is 5.26. The fourth-order valence-corrected chi connectivity index (χ4v) is 2.26. The van der Waals surface area contributed by atoms with Gasteiger partial charge in [0.15, 0.2) is 0 Å². The van der Waals surface area contributed by atoms with Crippen LogP contribution in [-0.2, 0) is 19.3 Å². The summed E-state index contributed by atoms with van der Waals surface area (Å²) in [5.74, 6) is 0.925. The van der Waals surface area contributed by atoms with E-state index in [0.29, 0.717) is 0 Å². The minimum atomic E-state index is 0.772. The van der Waals surface area contributed by atoms with Crippen molar-refractivity contribution < 1.29 is 0 Å². The van der Waals surface area contributed by atoms with Crippen LogP contribution in [0.25, 0.3) is 0 Å². The number of aromatic nitrogens is 2. The molecule has 0 aliphatic heterocycles. The summed E-state index contributed by atoms with van der Waals surface area (Å²) in [4.78, 5) is 9.32. The fourth-order valence-electron chi connectivity index (χ4n) is 2.26. The molecule has 100 valence electrons. The molecule has 0 atom stereocenters. The average molecular weight is 246 g/mol. The van der Waals surface area contributed by atoms with Gasteiger partial charge in [0.2, 0.25) is 0 Å². The zero-order valence-electron chi connectivity index (χ0n) is 12.1. The summed E-state index contributed by atoms with van der Waals surface area (Å²) in [6.45, 7) is 10.3. The lowest BCUT2D eigenvalue weighted by molar-refractivity contribution is 0.689. The topological polar surface area (TPSA) is 25.8 Å². The zero-order chi connectivity index (χ0) is 13.4. The highest BCUT2D eigenvalue weighted by Crippen LogP contribution is 2.16. The lowest BCUT2D eigenvalue weighted by atomic mass is 10.0. The van der Waals surface area contributed by atoms with Gasteiger partial charge < -0.3 is 0 Å². The molecule has 1 heterocycles. The van der Waals surface area contributed by atoms with Crippen molar-refractivity contribution in [2.75, 3.05) is 0 Å². The van der Waals surface area contributed by atoms with Crippen LogP contribution in [0, 0.1) is 6.92 Å². The Morgan fingerprint density at radius 3 is 2.44 bits per heavy atom. The second kappa shape index (κ2) is 8.02. The Kier molecular flexibility index (Phi) is 6.63. The molecule has 0 aromatic carbocycles. The van der Waals surface area contributed by atoms with E-state index in [9.17, 15) is 0 Å². The van der Waals surface area contributed by atoms with Gasteiger partial charge in [0, 0.05) is 17.8 Å². The smallest absolute Gasteiger partial charge is 0.132 e. The third-order valence-electron chi connectivity index (χ3n) is 3.19. The summed E-state index contributed by atoms with van der Waals surface area (Å²) < 4.78 is 0. The van der Waals surface area contributed by atoms with Gasteiger partial charge in [-0.1, -0.05) is 39.2 Å². The molecule has 0 fully saturated rings. The van der Waals surface area contributed by atoms with E-state index in [4.69, 9.17) is 4.98 Å². The van der Waals surface area contributed by atoms with Gasteiger partial charge in [-0.3, -0.25) is 0 Å². The molecular formula is C16H26N2. The maximum atomic E-state index is 4.73. The van der Waals surface area contributed by atoms with Crippen molar-refractivity contribution in [3.05, 3.63) is 35.4 Å². The lowest BCUT2D eigenvalue weighted by Gasteiger charge is -2.12. The normalized spacial score (nSPS) is 10.6. The molecule has 0 spiro atoms. The summed E-state index contributed by atoms with van der Waals surface area (Å²) in [5.41, 5.74) is 3.81. The van der Waals surface area contributed by atoms with Crippen LogP contribution >= 0.6 is 0 Å². The van der Waals surface area contributed by atoms with Gasteiger partial charge in [-0.25, -0.2) is 9.97 Å². The van der Waals surface area contributed by atoms with E-state index >= 15 is 0 Å². The molecule has 2 nitrogen and oxygen atoms in total. The molecule has 0 aliphatic rings. The van der Waals surface area contributed by atoms with Gasteiger partial charge in [-0.05, 0) is 31.7 Å². The standard InChI is InChI=1S/C16H26N2/c1-5-8-9-12-15-14(10-6-2)13(4)17-16(18-15)11-7-3/h7H,3,5-6,8-12H2,1-2,4H3. The maximum absolute atomic E-state index is 4.73. The molecule has 18 heavy (non-hydrogen) atoms. The van der Waals surface area contributed by atoms with Crippen molar-refractivity contribution in [2.24, 2.45) is 0 Å². The van der Waals surface area contributed by atoms with Crippen molar-refractivity contribution in [1.82, 2.24) is 9.97 Å². The number of nitrogens with zero attached hydrogens (tertiary/aromatic N) is 2. The molecule has 1 aromatic rings. The number of aryl methyl sites for hydroxylation is 2. The van der Waals surface area contributed by atoms with Crippen molar-refractivity contribution in [3.63, 3.8) is 0 Å². The van der Waals surface area contributed by atoms with Crippen LogP contribution in [0.3, 0.4) is 0 Å². The van der Waals surface area contributed by atoms with Gasteiger partial charge >= 0.3 is 0 Å². The van der Waals surface area contributed by atoms with Crippen LogP contribution in [-0.4, -0.2) is 9.97 Å². The van der Waals surface area contributed by atoms with Gasteiger partial charge in [-0.15, -0.1) is 6.58 Å². The highest BCUT2D eigenvalue weighted by Gasteiger charge is 2.10. The molecular weight excluding hydrogens is 220 g/mol. The van der Waals surface area contributed by atoms with Crippen molar-refractivity contribution >= 4 is 0 Å². The largest absolute Gasteiger partial charge is 0.238 e. The molecule has 0 saturated heterocycles. The van der Waals surface area contributed by atoms with Crippen LogP contribution in [0.1, 0.15) is 62.3 Å². The van der Waals surface area contributed by atoms with Gasteiger partial charge in [-0.2, -0.15) is 0 Å². The monoisotopic (exact) mass is 246 g/mol. The summed E-state index contributed by atoms with van der Waals surface area (Å²) in [6, 6.07) is 0. The van der Waals surface area contributed by atoms with Gasteiger partial charge in [0.1, 0.15) is 5.82 Å². The predicted molar refractivity (Wildman–Crippen MR) is 77.9 cm³/mol. The number of hydrogen-bond donors (Lipinski definition) is 0. The van der Waals surface area contributed by atoms with E-state index in [1.807, 2.05) is 6.08 Å². The predicted octanol–water partition coefficient (Wildman–Crippen LogP) is 4.20. The maximum Gasteiger partial charge on any atom is 0.132 e. The van der Waals surface area contributed by atoms with E-state index in [-0.39, 0.29) is 0 Å². The van der Waals surface area contributed by atoms with E-state index in [1.165, 1.54) is 30.5 Å². The minimum absolute atomic E-state index is 0.772. The van der Waals surface area contributed by atoms with Crippen LogP contribution in [0.2, 0.25) is 0 Å². The van der Waals surface area contributed by atoms with E-state index in [0.717, 1.165) is 37.2 Å². The third kappa shape index (κ3) is 4.25. The van der Waals surface area contributed by atoms with Crippen molar-refractivity contribution in [1.29, 1.82) is 0 Å². The number of unbranched alkanes of at least 4 members (excludes halogenated alkanes) is 2. The first-order valence-electron chi connectivity index (χ1n) is 7.19. The van der Waals surface area contributed by atoms with Gasteiger partial charge in [0.05, 0.1) is 0 Å². The molecule has 1 rings (SSSR count). The Morgan fingerprint density at radius 2 is 1.83 bits per heavy atom. The molecule has 0 aliphatic carbocycles. The third-order valence-corrected chi connectivity index (χ3v) is 3.19. The van der Waals surface area contributed by atoms with Crippen molar-refractivity contribution in [2.45, 2.75) is 65.7 Å². The molecule has 0 unspecified atom stereocenters. The highest BCUT2D eigenvalue weighted by atomic mass is 14.9. The number of hydrogen-bond acceptors (Lipinski definition) is 2. The summed E-state index contributed by atoms with van der Waals surface area (Å²) in [6.07, 6.45) is 9.78. The Morgan fingerprint density at radius 1 is 1.06 bits per heavy atom. The van der Waals surface area contributed by atoms with Crippen molar-refractivity contribution in [3.8, 4) is 0 Å². The van der Waals surface area contributed by atoms with Gasteiger partial charge in [0.25, 0.3) is 0 Å². The summed E-state index contributed by atoms with van der Waals surface area (Å²) in [7, 11) is 0. The first kappa shape index (κ1) is 14.9. The zero-order valence-corrected chi connectivity index (χ0v) is 12.1. The second-order valence-electron chi connectivity index (χ2n) is 4.85. The molecule has 1 aromatic heterocycles. The average Bonchev–Trinajstić information content (AvgIpc) is 2.34. The second-order valence-corrected chi connectivity index (χ2v) is 4.85. The molecule has 0 saturated carbocycles. The Hall–Kier alpha value is -1.18. The van der Waals surface area contributed by atoms with Crippen LogP contribution in [0.5, 0.6) is 0 Å². The summed E-state index contributed by atoms with van der Waals surface area (Å²) >= 11 is 0. The quantitative estimate of drug-likeness (QED) is 0.507. The first-order valence-corrected chi connectivity index (χ1v) is 7.19. The first-order chi connectivity index (χ1) is 8.72. The lowest BCUT2D eigenvalue weighted by Crippen LogP contribution is -2.08. The Bertz CT molecular complexity index is 383. The Labute approximate surface area is 112 Å². The molecule has 0 bridgehead atoms. The SMILES string of the molecule is C=CCc1nc(C)c(CCC)c(CCCCC)n1. The summed E-state index contributed by atoms with van der Waals surface area (Å²) in [5, 5.41) is 0. The Balaban J connectivity index is 2.95. The fraction of sp³-hybridized carbons (Fsp3) is 0.625. The molecule has 0 radical (unpaired) electrons. The number of rotatable bonds is 8. The number of allylic oxidation sites excluding steroid dienone is 1. The molecule has 0 amide bonds. The molecule has 2 heteroatoms. The van der Waals surface area contributed by atoms with Crippen LogP contribution in [0.15, 0.2) is 12.7 Å². The van der Waals surface area contributed by atoms with E-state index in [1.54, 1.807) is 0 Å². The molecule has 0 N–H and O–H groups in total. The minimum Gasteiger partial charge on any atom is -0.238 e. The van der Waals surface area contributed by atoms with Crippen LogP contribution in [0.4, 0.5) is 0 Å². The van der Waals surface area contributed by atoms with E-state index < -0.39 is 0 Å². The van der Waals surface area contributed by atoms with Crippen LogP contribution < -0.4 is 0 Å².